The van der Waals surface area contributed by atoms with Crippen LogP contribution in [0.15, 0.2) is 0 Å². The molecule has 2 rings (SSSR count). The largest absolute Gasteiger partial charge is 0.346 e. The highest BCUT2D eigenvalue weighted by Crippen LogP contribution is 2.35. The molecule has 2 heteroatoms. The van der Waals surface area contributed by atoms with Gasteiger partial charge < -0.3 is 4.90 Å². The van der Waals surface area contributed by atoms with Crippen molar-refractivity contribution in [2.45, 2.75) is 39.5 Å². The monoisotopic (exact) mass is 183 g/mol. The molecule has 0 aromatic rings. The molecule has 0 bridgehead atoms. The van der Waals surface area contributed by atoms with Crippen LogP contribution in [-0.4, -0.2) is 24.4 Å². The van der Waals surface area contributed by atoms with E-state index in [1.165, 1.54) is 12.8 Å². The van der Waals surface area contributed by atoms with Crippen LogP contribution in [0.3, 0.4) is 0 Å². The van der Waals surface area contributed by atoms with Crippen LogP contribution >= 0.6 is 0 Å². The van der Waals surface area contributed by atoms with Gasteiger partial charge in [0.05, 0.1) is 0 Å². The molecule has 76 valence electrons. The van der Waals surface area contributed by atoms with Crippen LogP contribution < -0.4 is 0 Å². The zero-order chi connectivity index (χ0) is 9.84. The van der Waals surface area contributed by atoms with Gasteiger partial charge in [-0.25, -0.2) is 0 Å². The van der Waals surface area contributed by atoms with E-state index in [1.54, 1.807) is 4.90 Å². The van der Waals surface area contributed by atoms with E-state index in [0.29, 0.717) is 5.91 Å². The first kappa shape index (κ1) is 10.6. The first-order chi connectivity index (χ1) is 6.11. The molecule has 0 aromatic heterocycles. The summed E-state index contributed by atoms with van der Waals surface area (Å²) in [6.07, 6.45) is 4.81. The van der Waals surface area contributed by atoms with E-state index < -0.39 is 0 Å². The number of hydrogen-bond acceptors (Lipinski definition) is 1. The Balaban J connectivity index is 0.000000132. The first-order valence-electron chi connectivity index (χ1n) is 5.35. The van der Waals surface area contributed by atoms with E-state index in [0.717, 1.165) is 31.2 Å². The Morgan fingerprint density at radius 3 is 2.08 bits per heavy atom. The predicted molar refractivity (Wildman–Crippen MR) is 54.4 cm³/mol. The van der Waals surface area contributed by atoms with Gasteiger partial charge in [0, 0.05) is 20.0 Å². The number of carbonyl (C=O) groups excluding carboxylic acids is 1. The third kappa shape index (κ3) is 3.79. The summed E-state index contributed by atoms with van der Waals surface area (Å²) in [5.41, 5.74) is 0. The van der Waals surface area contributed by atoms with Crippen molar-refractivity contribution >= 4 is 5.91 Å². The quantitative estimate of drug-likeness (QED) is 0.611. The number of carbonyl (C=O) groups is 1. The fourth-order valence-corrected chi connectivity index (χ4v) is 1.55. The van der Waals surface area contributed by atoms with Gasteiger partial charge in [-0.05, 0) is 31.1 Å². The van der Waals surface area contributed by atoms with Gasteiger partial charge in [0.25, 0.3) is 0 Å². The van der Waals surface area contributed by atoms with Crippen LogP contribution in [0.1, 0.15) is 39.5 Å². The van der Waals surface area contributed by atoms with Crippen LogP contribution in [0.25, 0.3) is 0 Å². The summed E-state index contributed by atoms with van der Waals surface area (Å²) < 4.78 is 0. The highest BCUT2D eigenvalue weighted by Gasteiger charge is 2.23. The van der Waals surface area contributed by atoms with Gasteiger partial charge in [-0.3, -0.25) is 4.79 Å². The van der Waals surface area contributed by atoms with Crippen molar-refractivity contribution < 1.29 is 4.79 Å². The lowest BCUT2D eigenvalue weighted by Gasteiger charge is -2.03. The Bertz CT molecular complexity index is 173. The fraction of sp³-hybridized carbons (Fsp3) is 0.909. The summed E-state index contributed by atoms with van der Waals surface area (Å²) in [6.45, 7) is 5.56. The van der Waals surface area contributed by atoms with Gasteiger partial charge in [-0.1, -0.05) is 13.8 Å². The molecule has 0 atom stereocenters. The van der Waals surface area contributed by atoms with Gasteiger partial charge in [0.15, 0.2) is 0 Å². The van der Waals surface area contributed by atoms with Crippen molar-refractivity contribution in [1.82, 2.24) is 4.90 Å². The average molecular weight is 183 g/mol. The second-order valence-electron chi connectivity index (χ2n) is 4.50. The smallest absolute Gasteiger partial charge is 0.222 e. The Kier molecular flexibility index (Phi) is 3.76. The minimum absolute atomic E-state index is 0.292. The number of hydrogen-bond donors (Lipinski definition) is 0. The Hall–Kier alpha value is -0.530. The summed E-state index contributed by atoms with van der Waals surface area (Å²) in [4.78, 5) is 12.3. The summed E-state index contributed by atoms with van der Waals surface area (Å²) in [6, 6.07) is 0. The number of rotatable bonds is 1. The lowest BCUT2D eigenvalue weighted by Crippen LogP contribution is -2.17. The molecule has 0 aromatic carbocycles. The van der Waals surface area contributed by atoms with E-state index in [9.17, 15) is 4.79 Å². The molecule has 1 aliphatic heterocycles. The van der Waals surface area contributed by atoms with Gasteiger partial charge >= 0.3 is 0 Å². The van der Waals surface area contributed by atoms with Crippen molar-refractivity contribution in [3.63, 3.8) is 0 Å². The van der Waals surface area contributed by atoms with Crippen molar-refractivity contribution in [2.24, 2.45) is 11.8 Å². The van der Waals surface area contributed by atoms with Crippen LogP contribution in [0, 0.1) is 11.8 Å². The highest BCUT2D eigenvalue weighted by atomic mass is 16.2. The van der Waals surface area contributed by atoms with Gasteiger partial charge in [0.2, 0.25) is 5.91 Å². The third-order valence-electron chi connectivity index (χ3n) is 2.87. The molecule has 0 spiro atoms. The molecular weight excluding hydrogens is 162 g/mol. The number of amides is 1. The topological polar surface area (TPSA) is 20.3 Å². The molecule has 2 nitrogen and oxygen atoms in total. The van der Waals surface area contributed by atoms with Gasteiger partial charge in [0.1, 0.15) is 0 Å². The summed E-state index contributed by atoms with van der Waals surface area (Å²) >= 11 is 0. The lowest BCUT2D eigenvalue weighted by molar-refractivity contribution is -0.126. The Labute approximate surface area is 81.3 Å². The van der Waals surface area contributed by atoms with Crippen LogP contribution in [0.2, 0.25) is 0 Å². The molecule has 0 radical (unpaired) electrons. The molecule has 1 amide bonds. The minimum Gasteiger partial charge on any atom is -0.346 e. The molecule has 1 aliphatic carbocycles. The Morgan fingerprint density at radius 2 is 2.00 bits per heavy atom. The molecule has 2 aliphatic rings. The minimum atomic E-state index is 0.292. The van der Waals surface area contributed by atoms with Crippen molar-refractivity contribution in [1.29, 1.82) is 0 Å². The van der Waals surface area contributed by atoms with Crippen LogP contribution in [0.4, 0.5) is 0 Å². The lowest BCUT2D eigenvalue weighted by atomic mass is 10.1. The molecule has 0 N–H and O–H groups in total. The molecule has 13 heavy (non-hydrogen) atoms. The fourth-order valence-electron chi connectivity index (χ4n) is 1.55. The first-order valence-corrected chi connectivity index (χ1v) is 5.35. The average Bonchev–Trinajstić information content (AvgIpc) is 2.83. The SMILES string of the molecule is CC(C)C1CC1.CN1CCCC1=O. The molecule has 2 fully saturated rings. The standard InChI is InChI=1S/C6H12.C5H9NO/c1-5(2)6-3-4-6;1-6-4-2-3-5(6)7/h5-6H,3-4H2,1-2H3;2-4H2,1H3. The van der Waals surface area contributed by atoms with Gasteiger partial charge in [-0.15, -0.1) is 0 Å². The maximum absolute atomic E-state index is 10.5. The van der Waals surface area contributed by atoms with Crippen molar-refractivity contribution in [3.8, 4) is 0 Å². The van der Waals surface area contributed by atoms with E-state index in [1.807, 2.05) is 7.05 Å². The normalized spacial score (nSPS) is 21.8. The Morgan fingerprint density at radius 1 is 1.38 bits per heavy atom. The third-order valence-corrected chi connectivity index (χ3v) is 2.87. The van der Waals surface area contributed by atoms with Crippen LogP contribution in [0.5, 0.6) is 0 Å². The summed E-state index contributed by atoms with van der Waals surface area (Å²) in [5, 5.41) is 0. The highest BCUT2D eigenvalue weighted by molar-refractivity contribution is 5.77. The summed E-state index contributed by atoms with van der Waals surface area (Å²) in [7, 11) is 1.84. The van der Waals surface area contributed by atoms with Crippen LogP contribution in [-0.2, 0) is 4.79 Å². The zero-order valence-electron chi connectivity index (χ0n) is 9.05. The summed E-state index contributed by atoms with van der Waals surface area (Å²) in [5.74, 6) is 2.36. The molecule has 1 saturated heterocycles. The van der Waals surface area contributed by atoms with E-state index in [2.05, 4.69) is 13.8 Å². The maximum atomic E-state index is 10.5. The number of nitrogens with zero attached hydrogens (tertiary/aromatic N) is 1. The number of likely N-dealkylation sites (tertiary alicyclic amines) is 1. The predicted octanol–water partition coefficient (Wildman–Crippen LogP) is 2.29. The second-order valence-corrected chi connectivity index (χ2v) is 4.50. The molecular formula is C11H21NO. The van der Waals surface area contributed by atoms with Gasteiger partial charge in [-0.2, -0.15) is 0 Å². The maximum Gasteiger partial charge on any atom is 0.222 e. The van der Waals surface area contributed by atoms with Crippen molar-refractivity contribution in [3.05, 3.63) is 0 Å². The zero-order valence-corrected chi connectivity index (χ0v) is 9.05. The second kappa shape index (κ2) is 4.64. The molecule has 0 unspecified atom stereocenters. The van der Waals surface area contributed by atoms with E-state index in [4.69, 9.17) is 0 Å². The van der Waals surface area contributed by atoms with E-state index in [-0.39, 0.29) is 0 Å². The molecule has 1 heterocycles. The molecule has 1 saturated carbocycles. The van der Waals surface area contributed by atoms with Crippen molar-refractivity contribution in [2.75, 3.05) is 13.6 Å². The van der Waals surface area contributed by atoms with E-state index >= 15 is 0 Å².